The Balaban J connectivity index is 1.80. The molecule has 0 aromatic carbocycles. The Labute approximate surface area is 133 Å². The highest BCUT2D eigenvalue weighted by Gasteiger charge is 2.46. The van der Waals surface area contributed by atoms with Gasteiger partial charge in [0.2, 0.25) is 0 Å². The van der Waals surface area contributed by atoms with E-state index in [1.807, 2.05) is 11.3 Å². The average molecular weight is 307 g/mol. The number of hydrogen-bond donors (Lipinski definition) is 1. The minimum absolute atomic E-state index is 0.440. The molecule has 1 aromatic heterocycles. The van der Waals surface area contributed by atoms with E-state index < -0.39 is 0 Å². The Hall–Kier alpha value is -0.380. The lowest BCUT2D eigenvalue weighted by atomic mass is 9.83. The summed E-state index contributed by atoms with van der Waals surface area (Å²) in [5, 5.41) is 6.16. The van der Waals surface area contributed by atoms with Crippen molar-refractivity contribution < 1.29 is 0 Å². The van der Waals surface area contributed by atoms with Crippen molar-refractivity contribution in [3.63, 3.8) is 0 Å². The summed E-state index contributed by atoms with van der Waals surface area (Å²) in [5.41, 5.74) is 0.440. The van der Waals surface area contributed by atoms with Gasteiger partial charge in [-0.05, 0) is 69.6 Å². The molecule has 1 aliphatic carbocycles. The summed E-state index contributed by atoms with van der Waals surface area (Å²) in [7, 11) is 0. The van der Waals surface area contributed by atoms with Crippen LogP contribution in [0.2, 0.25) is 0 Å². The van der Waals surface area contributed by atoms with E-state index in [1.165, 1.54) is 64.5 Å². The minimum Gasteiger partial charge on any atom is -0.312 e. The zero-order valence-corrected chi connectivity index (χ0v) is 14.3. The maximum Gasteiger partial charge on any atom is 0.0366 e. The van der Waals surface area contributed by atoms with Crippen LogP contribution in [0.4, 0.5) is 0 Å². The number of rotatable bonds is 7. The van der Waals surface area contributed by atoms with Crippen molar-refractivity contribution in [3.05, 3.63) is 22.4 Å². The van der Waals surface area contributed by atoms with Gasteiger partial charge in [0.05, 0.1) is 0 Å². The number of hydrogen-bond acceptors (Lipinski definition) is 3. The Morgan fingerprint density at radius 1 is 1.24 bits per heavy atom. The van der Waals surface area contributed by atoms with Gasteiger partial charge in [-0.2, -0.15) is 0 Å². The summed E-state index contributed by atoms with van der Waals surface area (Å²) >= 11 is 1.93. The van der Waals surface area contributed by atoms with Crippen LogP contribution in [-0.2, 0) is 6.42 Å². The van der Waals surface area contributed by atoms with Crippen LogP contribution >= 0.6 is 11.3 Å². The van der Waals surface area contributed by atoms with Crippen LogP contribution in [0.1, 0.15) is 56.7 Å². The van der Waals surface area contributed by atoms with E-state index in [4.69, 9.17) is 0 Å². The smallest absolute Gasteiger partial charge is 0.0366 e. The highest BCUT2D eigenvalue weighted by molar-refractivity contribution is 7.09. The van der Waals surface area contributed by atoms with Crippen molar-refractivity contribution in [1.82, 2.24) is 10.2 Å². The molecule has 2 nitrogen and oxygen atoms in total. The van der Waals surface area contributed by atoms with Crippen molar-refractivity contribution in [2.45, 2.75) is 69.9 Å². The Morgan fingerprint density at radius 2 is 2.00 bits per heavy atom. The zero-order chi connectivity index (χ0) is 14.5. The SMILES string of the molecule is CCCNC(Cc1cccs1)C1(N2CCCC2)CCCC1. The van der Waals surface area contributed by atoms with Crippen LogP contribution in [0.3, 0.4) is 0 Å². The van der Waals surface area contributed by atoms with E-state index in [-0.39, 0.29) is 0 Å². The molecule has 1 saturated heterocycles. The summed E-state index contributed by atoms with van der Waals surface area (Å²) in [4.78, 5) is 4.40. The second-order valence-corrected chi connectivity index (χ2v) is 7.83. The summed E-state index contributed by atoms with van der Waals surface area (Å²) in [6.07, 6.45) is 10.9. The quantitative estimate of drug-likeness (QED) is 0.817. The van der Waals surface area contributed by atoms with Crippen LogP contribution in [0.15, 0.2) is 17.5 Å². The first kappa shape index (κ1) is 15.5. The third-order valence-corrected chi connectivity index (χ3v) is 6.38. The molecule has 2 fully saturated rings. The first-order valence-electron chi connectivity index (χ1n) is 8.86. The van der Waals surface area contributed by atoms with Gasteiger partial charge in [-0.3, -0.25) is 4.90 Å². The lowest BCUT2D eigenvalue weighted by Crippen LogP contribution is -2.60. The molecule has 0 amide bonds. The first-order chi connectivity index (χ1) is 10.3. The Morgan fingerprint density at radius 3 is 2.62 bits per heavy atom. The molecule has 118 valence electrons. The molecule has 0 spiro atoms. The molecule has 3 heteroatoms. The molecule has 2 heterocycles. The minimum atomic E-state index is 0.440. The van der Waals surface area contributed by atoms with Crippen LogP contribution in [0.25, 0.3) is 0 Å². The third kappa shape index (κ3) is 3.35. The number of likely N-dealkylation sites (tertiary alicyclic amines) is 1. The average Bonchev–Trinajstić information content (AvgIpc) is 3.25. The van der Waals surface area contributed by atoms with Crippen molar-refractivity contribution in [1.29, 1.82) is 0 Å². The number of nitrogens with one attached hydrogen (secondary N) is 1. The molecule has 0 bridgehead atoms. The molecule has 3 rings (SSSR count). The summed E-state index contributed by atoms with van der Waals surface area (Å²) in [5.74, 6) is 0. The Bertz CT molecular complexity index is 403. The number of nitrogens with zero attached hydrogens (tertiary/aromatic N) is 1. The largest absolute Gasteiger partial charge is 0.312 e. The Kier molecular flexibility index (Phi) is 5.36. The standard InChI is InChI=1S/C18H30N2S/c1-2-11-19-17(15-16-8-7-14-21-16)18(9-3-4-10-18)20-12-5-6-13-20/h7-8,14,17,19H,2-6,9-13,15H2,1H3. The molecule has 1 unspecified atom stereocenters. The number of thiophene rings is 1. The molecular weight excluding hydrogens is 276 g/mol. The maximum atomic E-state index is 3.93. The lowest BCUT2D eigenvalue weighted by Gasteiger charge is -2.45. The van der Waals surface area contributed by atoms with E-state index in [1.54, 1.807) is 4.88 Å². The lowest BCUT2D eigenvalue weighted by molar-refractivity contribution is 0.0769. The highest BCUT2D eigenvalue weighted by Crippen LogP contribution is 2.41. The molecule has 1 aliphatic heterocycles. The van der Waals surface area contributed by atoms with Gasteiger partial charge in [0, 0.05) is 16.5 Å². The fourth-order valence-corrected chi connectivity index (χ4v) is 5.19. The summed E-state index contributed by atoms with van der Waals surface area (Å²) < 4.78 is 0. The zero-order valence-electron chi connectivity index (χ0n) is 13.4. The van der Waals surface area contributed by atoms with Crippen molar-refractivity contribution in [2.24, 2.45) is 0 Å². The van der Waals surface area contributed by atoms with E-state index in [0.29, 0.717) is 11.6 Å². The normalized spacial score (nSPS) is 23.7. The van der Waals surface area contributed by atoms with Crippen LogP contribution in [0.5, 0.6) is 0 Å². The second kappa shape index (κ2) is 7.26. The van der Waals surface area contributed by atoms with Crippen molar-refractivity contribution >= 4 is 11.3 Å². The fraction of sp³-hybridized carbons (Fsp3) is 0.778. The third-order valence-electron chi connectivity index (χ3n) is 5.48. The van der Waals surface area contributed by atoms with Gasteiger partial charge in [0.1, 0.15) is 0 Å². The van der Waals surface area contributed by atoms with E-state index in [2.05, 4.69) is 34.7 Å². The van der Waals surface area contributed by atoms with Crippen LogP contribution in [-0.4, -0.2) is 36.1 Å². The molecule has 1 atom stereocenters. The van der Waals surface area contributed by atoms with Gasteiger partial charge < -0.3 is 5.32 Å². The van der Waals surface area contributed by atoms with Crippen molar-refractivity contribution in [2.75, 3.05) is 19.6 Å². The van der Waals surface area contributed by atoms with Gasteiger partial charge in [-0.25, -0.2) is 0 Å². The van der Waals surface area contributed by atoms with Gasteiger partial charge in [-0.1, -0.05) is 25.8 Å². The molecule has 0 radical (unpaired) electrons. The highest BCUT2D eigenvalue weighted by atomic mass is 32.1. The molecule has 2 aliphatic rings. The molecule has 1 saturated carbocycles. The molecule has 1 N–H and O–H groups in total. The van der Waals surface area contributed by atoms with Gasteiger partial charge >= 0.3 is 0 Å². The van der Waals surface area contributed by atoms with Crippen LogP contribution in [0, 0.1) is 0 Å². The van der Waals surface area contributed by atoms with Crippen LogP contribution < -0.4 is 5.32 Å². The van der Waals surface area contributed by atoms with Crippen molar-refractivity contribution in [3.8, 4) is 0 Å². The summed E-state index contributed by atoms with van der Waals surface area (Å²) in [6.45, 7) is 6.10. The molecule has 21 heavy (non-hydrogen) atoms. The van der Waals surface area contributed by atoms with E-state index in [0.717, 1.165) is 6.54 Å². The first-order valence-corrected chi connectivity index (χ1v) is 9.74. The van der Waals surface area contributed by atoms with E-state index in [9.17, 15) is 0 Å². The predicted octanol–water partition coefficient (Wildman–Crippen LogP) is 4.07. The second-order valence-electron chi connectivity index (χ2n) is 6.80. The maximum absolute atomic E-state index is 3.93. The molecule has 1 aromatic rings. The van der Waals surface area contributed by atoms with E-state index >= 15 is 0 Å². The molecular formula is C18H30N2S. The summed E-state index contributed by atoms with van der Waals surface area (Å²) in [6, 6.07) is 5.16. The van der Waals surface area contributed by atoms with Gasteiger partial charge in [-0.15, -0.1) is 11.3 Å². The predicted molar refractivity (Wildman–Crippen MR) is 92.1 cm³/mol. The monoisotopic (exact) mass is 306 g/mol. The van der Waals surface area contributed by atoms with Gasteiger partial charge in [0.25, 0.3) is 0 Å². The van der Waals surface area contributed by atoms with Gasteiger partial charge in [0.15, 0.2) is 0 Å². The topological polar surface area (TPSA) is 15.3 Å². The fourth-order valence-electron chi connectivity index (χ4n) is 4.44.